The summed E-state index contributed by atoms with van der Waals surface area (Å²) in [4.78, 5) is 18.2. The van der Waals surface area contributed by atoms with Gasteiger partial charge in [-0.3, -0.25) is 9.79 Å². The smallest absolute Gasteiger partial charge is 0.144 e. The molecule has 4 rings (SSSR count). The maximum atomic E-state index is 13.1. The van der Waals surface area contributed by atoms with Gasteiger partial charge in [0, 0.05) is 12.1 Å². The Labute approximate surface area is 167 Å². The van der Waals surface area contributed by atoms with Gasteiger partial charge in [0.25, 0.3) is 0 Å². The molecule has 2 atom stereocenters. The lowest BCUT2D eigenvalue weighted by Gasteiger charge is -2.36. The molecule has 1 aliphatic carbocycles. The molecule has 2 aromatic carbocycles. The number of fused-ring (bicyclic) bond motifs is 2. The quantitative estimate of drug-likeness (QED) is 0.714. The third-order valence-electron chi connectivity index (χ3n) is 5.87. The van der Waals surface area contributed by atoms with Gasteiger partial charge in [-0.15, -0.1) is 0 Å². The van der Waals surface area contributed by atoms with Gasteiger partial charge in [-0.25, -0.2) is 0 Å². The van der Waals surface area contributed by atoms with E-state index in [-0.39, 0.29) is 23.2 Å². The fraction of sp³-hybridized carbons (Fsp3) is 0.360. The molecular formula is C25H28N2O. The summed E-state index contributed by atoms with van der Waals surface area (Å²) in [6.45, 7) is 8.56. The largest absolute Gasteiger partial charge is 0.376 e. The van der Waals surface area contributed by atoms with Gasteiger partial charge in [-0.2, -0.15) is 0 Å². The summed E-state index contributed by atoms with van der Waals surface area (Å²) in [5.41, 5.74) is 6.52. The number of nitrogens with one attached hydrogen (secondary N) is 1. The minimum Gasteiger partial charge on any atom is -0.376 e. The van der Waals surface area contributed by atoms with Crippen molar-refractivity contribution in [3.8, 4) is 0 Å². The van der Waals surface area contributed by atoms with Crippen molar-refractivity contribution in [3.05, 3.63) is 65.2 Å². The first-order valence-corrected chi connectivity index (χ1v) is 10.0. The van der Waals surface area contributed by atoms with Gasteiger partial charge in [-0.1, -0.05) is 56.3 Å². The molecule has 144 valence electrons. The van der Waals surface area contributed by atoms with Crippen LogP contribution in [-0.4, -0.2) is 17.5 Å². The molecule has 28 heavy (non-hydrogen) atoms. The maximum absolute atomic E-state index is 13.1. The Morgan fingerprint density at radius 1 is 1.07 bits per heavy atom. The average Bonchev–Trinajstić information content (AvgIpc) is 2.76. The number of carbonyl (C=O) groups is 1. The molecule has 2 aromatic rings. The van der Waals surface area contributed by atoms with Gasteiger partial charge in [-0.05, 0) is 54.5 Å². The van der Waals surface area contributed by atoms with Crippen LogP contribution in [-0.2, 0) is 4.79 Å². The first-order valence-electron chi connectivity index (χ1n) is 10.0. The molecule has 1 saturated carbocycles. The Kier molecular flexibility index (Phi) is 4.70. The summed E-state index contributed by atoms with van der Waals surface area (Å²) in [7, 11) is 0. The van der Waals surface area contributed by atoms with E-state index in [0.29, 0.717) is 6.42 Å². The highest BCUT2D eigenvalue weighted by Crippen LogP contribution is 2.41. The van der Waals surface area contributed by atoms with Crippen LogP contribution >= 0.6 is 0 Å². The van der Waals surface area contributed by atoms with Crippen molar-refractivity contribution >= 4 is 28.9 Å². The van der Waals surface area contributed by atoms with Gasteiger partial charge in [0.2, 0.25) is 0 Å². The number of nitrogens with zero attached hydrogens (tertiary/aromatic N) is 1. The topological polar surface area (TPSA) is 41.5 Å². The summed E-state index contributed by atoms with van der Waals surface area (Å²) in [6.07, 6.45) is 5.69. The third kappa shape index (κ3) is 3.66. The molecule has 0 spiro atoms. The number of hydrogen-bond acceptors (Lipinski definition) is 3. The fourth-order valence-corrected chi connectivity index (χ4v) is 4.31. The Morgan fingerprint density at radius 2 is 1.79 bits per heavy atom. The molecule has 0 amide bonds. The third-order valence-corrected chi connectivity index (χ3v) is 5.87. The minimum atomic E-state index is -0.207. The molecule has 1 N–H and O–H groups in total. The van der Waals surface area contributed by atoms with Crippen LogP contribution in [0.4, 0.5) is 11.4 Å². The number of anilines is 1. The van der Waals surface area contributed by atoms with Crippen molar-refractivity contribution in [2.75, 3.05) is 5.32 Å². The van der Waals surface area contributed by atoms with E-state index in [1.165, 1.54) is 11.1 Å². The van der Waals surface area contributed by atoms with Gasteiger partial charge in [0.05, 0.1) is 23.3 Å². The number of aryl methyl sites for hydroxylation is 2. The van der Waals surface area contributed by atoms with E-state index in [0.717, 1.165) is 29.1 Å². The first-order chi connectivity index (χ1) is 13.3. The van der Waals surface area contributed by atoms with Crippen molar-refractivity contribution in [1.29, 1.82) is 0 Å². The van der Waals surface area contributed by atoms with E-state index in [1.54, 1.807) is 0 Å². The number of benzene rings is 2. The SMILES string of the molecule is Cc1cc2c(cc1C)N[C@H](/C=C\c1ccccc1)[C@H]1C(=O)CC(C)(C)CC1=N2. The van der Waals surface area contributed by atoms with Crippen molar-refractivity contribution < 1.29 is 4.79 Å². The lowest BCUT2D eigenvalue weighted by Crippen LogP contribution is -2.45. The van der Waals surface area contributed by atoms with Crippen LogP contribution in [0.2, 0.25) is 0 Å². The molecule has 1 aliphatic heterocycles. The molecule has 0 unspecified atom stereocenters. The summed E-state index contributed by atoms with van der Waals surface area (Å²) < 4.78 is 0. The molecule has 1 fully saturated rings. The van der Waals surface area contributed by atoms with Gasteiger partial charge in [0.15, 0.2) is 0 Å². The summed E-state index contributed by atoms with van der Waals surface area (Å²) in [5.74, 6) is 0.0764. The van der Waals surface area contributed by atoms with Gasteiger partial charge in [0.1, 0.15) is 5.78 Å². The minimum absolute atomic E-state index is 0.0373. The summed E-state index contributed by atoms with van der Waals surface area (Å²) in [5, 5.41) is 3.63. The average molecular weight is 373 g/mol. The fourth-order valence-electron chi connectivity index (χ4n) is 4.31. The van der Waals surface area contributed by atoms with Gasteiger partial charge < -0.3 is 5.32 Å². The molecule has 0 saturated heterocycles. The number of hydrogen-bond donors (Lipinski definition) is 1. The first kappa shape index (κ1) is 18.7. The van der Waals surface area contributed by atoms with E-state index in [9.17, 15) is 4.79 Å². The van der Waals surface area contributed by atoms with Crippen LogP contribution in [0.15, 0.2) is 53.5 Å². The van der Waals surface area contributed by atoms with Crippen molar-refractivity contribution in [2.24, 2.45) is 16.3 Å². The Balaban J connectivity index is 1.79. The highest BCUT2D eigenvalue weighted by atomic mass is 16.1. The number of ketones is 1. The van der Waals surface area contributed by atoms with Crippen LogP contribution in [0.3, 0.4) is 0 Å². The molecular weight excluding hydrogens is 344 g/mol. The number of carbonyl (C=O) groups excluding carboxylic acids is 1. The second-order valence-corrected chi connectivity index (χ2v) is 8.96. The van der Waals surface area contributed by atoms with Crippen molar-refractivity contribution in [3.63, 3.8) is 0 Å². The number of rotatable bonds is 2. The van der Waals surface area contributed by atoms with Gasteiger partial charge >= 0.3 is 0 Å². The van der Waals surface area contributed by atoms with E-state index >= 15 is 0 Å². The summed E-state index contributed by atoms with van der Waals surface area (Å²) >= 11 is 0. The molecule has 3 nitrogen and oxygen atoms in total. The normalized spacial score (nSPS) is 23.4. The molecule has 0 bridgehead atoms. The molecule has 0 radical (unpaired) electrons. The van der Waals surface area contributed by atoms with Crippen LogP contribution in [0.25, 0.3) is 6.08 Å². The Hall–Kier alpha value is -2.68. The Morgan fingerprint density at radius 3 is 2.54 bits per heavy atom. The lowest BCUT2D eigenvalue weighted by atomic mass is 9.69. The van der Waals surface area contributed by atoms with E-state index in [1.807, 2.05) is 18.2 Å². The second-order valence-electron chi connectivity index (χ2n) is 8.96. The maximum Gasteiger partial charge on any atom is 0.144 e. The van der Waals surface area contributed by atoms with E-state index < -0.39 is 0 Å². The highest BCUT2D eigenvalue weighted by Gasteiger charge is 2.42. The van der Waals surface area contributed by atoms with Crippen molar-refractivity contribution in [2.45, 2.75) is 46.6 Å². The lowest BCUT2D eigenvalue weighted by molar-refractivity contribution is -0.123. The van der Waals surface area contributed by atoms with E-state index in [2.05, 4.69) is 69.4 Å². The van der Waals surface area contributed by atoms with Crippen LogP contribution in [0.5, 0.6) is 0 Å². The van der Waals surface area contributed by atoms with Crippen LogP contribution in [0.1, 0.15) is 43.4 Å². The summed E-state index contributed by atoms with van der Waals surface area (Å²) in [6, 6.07) is 14.4. The zero-order chi connectivity index (χ0) is 19.9. The van der Waals surface area contributed by atoms with E-state index in [4.69, 9.17) is 4.99 Å². The van der Waals surface area contributed by atoms with Crippen LogP contribution < -0.4 is 5.32 Å². The zero-order valence-electron chi connectivity index (χ0n) is 17.1. The van der Waals surface area contributed by atoms with Crippen molar-refractivity contribution in [1.82, 2.24) is 0 Å². The second kappa shape index (κ2) is 7.05. The standard InChI is InChI=1S/C25H28N2O/c1-16-12-20-21(13-17(16)2)27-22-14-25(3,4)15-23(28)24(22)19(26-20)11-10-18-8-6-5-7-9-18/h5-13,19,24,26H,14-15H2,1-4H3/b11-10-/t19-,24-/m1/s1. The number of aliphatic imine (C=N–C) groups is 1. The molecule has 1 heterocycles. The number of Topliss-reactive ketones (excluding diaryl/α,β-unsaturated/α-hetero) is 1. The molecule has 2 aliphatic rings. The highest BCUT2D eigenvalue weighted by molar-refractivity contribution is 6.11. The van der Waals surface area contributed by atoms with Crippen LogP contribution in [0, 0.1) is 25.2 Å². The predicted octanol–water partition coefficient (Wildman–Crippen LogP) is 5.89. The Bertz CT molecular complexity index is 970. The zero-order valence-corrected chi connectivity index (χ0v) is 17.1. The molecule has 0 aromatic heterocycles. The monoisotopic (exact) mass is 372 g/mol. The predicted molar refractivity (Wildman–Crippen MR) is 117 cm³/mol. The molecule has 3 heteroatoms.